The van der Waals surface area contributed by atoms with Crippen LogP contribution in [0.3, 0.4) is 0 Å². The van der Waals surface area contributed by atoms with E-state index in [2.05, 4.69) is 10.1 Å². The van der Waals surface area contributed by atoms with E-state index in [1.807, 2.05) is 4.90 Å². The largest absolute Gasteiger partial charge is 0.336 e. The summed E-state index contributed by atoms with van der Waals surface area (Å²) in [4.78, 5) is 18.6. The highest BCUT2D eigenvalue weighted by Crippen LogP contribution is 2.14. The minimum atomic E-state index is -0.303. The first-order valence-electron chi connectivity index (χ1n) is 7.64. The number of rotatable bonds is 2. The van der Waals surface area contributed by atoms with E-state index in [0.29, 0.717) is 11.5 Å². The minimum absolute atomic E-state index is 0.120. The lowest BCUT2D eigenvalue weighted by molar-refractivity contribution is 0.0749. The fraction of sp³-hybridized carbons (Fsp3) is 0.438. The lowest BCUT2D eigenvalue weighted by Gasteiger charge is -2.18. The number of amides is 1. The second-order valence-corrected chi connectivity index (χ2v) is 5.58. The first-order chi connectivity index (χ1) is 10.6. The van der Waals surface area contributed by atoms with Crippen LogP contribution in [-0.2, 0) is 0 Å². The van der Waals surface area contributed by atoms with E-state index < -0.39 is 0 Å². The van der Waals surface area contributed by atoms with Crippen LogP contribution in [0.25, 0.3) is 5.69 Å². The van der Waals surface area contributed by atoms with Crippen molar-refractivity contribution in [3.05, 3.63) is 41.7 Å². The molecular formula is C16H19FN4O. The van der Waals surface area contributed by atoms with Crippen LogP contribution < -0.4 is 0 Å². The standard InChI is InChI=1S/C16H19FN4O/c1-12-18-15(16(22)20-10-4-2-3-5-11-20)19-21(12)14-8-6-13(17)7-9-14/h6-9H,2-5,10-11H2,1H3. The predicted octanol–water partition coefficient (Wildman–Crippen LogP) is 2.73. The smallest absolute Gasteiger partial charge is 0.293 e. The summed E-state index contributed by atoms with van der Waals surface area (Å²) < 4.78 is 14.6. The highest BCUT2D eigenvalue weighted by Gasteiger charge is 2.22. The van der Waals surface area contributed by atoms with Gasteiger partial charge in [0, 0.05) is 13.1 Å². The van der Waals surface area contributed by atoms with E-state index in [9.17, 15) is 9.18 Å². The van der Waals surface area contributed by atoms with Gasteiger partial charge in [0.2, 0.25) is 5.82 Å². The third-order valence-corrected chi connectivity index (χ3v) is 3.92. The average molecular weight is 302 g/mol. The monoisotopic (exact) mass is 302 g/mol. The number of hydrogen-bond donors (Lipinski definition) is 0. The van der Waals surface area contributed by atoms with E-state index in [-0.39, 0.29) is 17.5 Å². The number of aromatic nitrogens is 3. The van der Waals surface area contributed by atoms with E-state index >= 15 is 0 Å². The third kappa shape index (κ3) is 3.00. The van der Waals surface area contributed by atoms with E-state index in [1.165, 1.54) is 25.0 Å². The van der Waals surface area contributed by atoms with Crippen molar-refractivity contribution in [2.75, 3.05) is 13.1 Å². The van der Waals surface area contributed by atoms with Crippen LogP contribution in [0.2, 0.25) is 0 Å². The predicted molar refractivity (Wildman–Crippen MR) is 80.4 cm³/mol. The Hall–Kier alpha value is -2.24. The summed E-state index contributed by atoms with van der Waals surface area (Å²) in [7, 11) is 0. The number of benzene rings is 1. The van der Waals surface area contributed by atoms with Crippen LogP contribution in [-0.4, -0.2) is 38.7 Å². The molecule has 1 aliphatic heterocycles. The number of aryl methyl sites for hydroxylation is 1. The summed E-state index contributed by atoms with van der Waals surface area (Å²) in [6.45, 7) is 3.32. The Morgan fingerprint density at radius 1 is 1.09 bits per heavy atom. The summed E-state index contributed by atoms with van der Waals surface area (Å²) >= 11 is 0. The molecule has 1 amide bonds. The van der Waals surface area contributed by atoms with E-state index in [1.54, 1.807) is 23.7 Å². The van der Waals surface area contributed by atoms with Gasteiger partial charge in [-0.2, -0.15) is 0 Å². The fourth-order valence-electron chi connectivity index (χ4n) is 2.72. The van der Waals surface area contributed by atoms with Gasteiger partial charge in [-0.1, -0.05) is 12.8 Å². The van der Waals surface area contributed by atoms with Crippen molar-refractivity contribution < 1.29 is 9.18 Å². The Kier molecular flexibility index (Phi) is 4.18. The van der Waals surface area contributed by atoms with Gasteiger partial charge in [0.15, 0.2) is 0 Å². The Labute approximate surface area is 128 Å². The maximum Gasteiger partial charge on any atom is 0.293 e. The van der Waals surface area contributed by atoms with Crippen molar-refractivity contribution in [3.8, 4) is 5.69 Å². The van der Waals surface area contributed by atoms with E-state index in [4.69, 9.17) is 0 Å². The molecule has 1 aromatic carbocycles. The molecule has 22 heavy (non-hydrogen) atoms. The summed E-state index contributed by atoms with van der Waals surface area (Å²) in [5, 5.41) is 4.31. The van der Waals surface area contributed by atoms with Crippen molar-refractivity contribution in [2.45, 2.75) is 32.6 Å². The first-order valence-corrected chi connectivity index (χ1v) is 7.64. The molecule has 0 unspecified atom stereocenters. The summed E-state index contributed by atoms with van der Waals surface area (Å²) in [6, 6.07) is 5.98. The number of carbonyl (C=O) groups is 1. The summed E-state index contributed by atoms with van der Waals surface area (Å²) in [6.07, 6.45) is 4.40. The molecule has 1 aliphatic rings. The Morgan fingerprint density at radius 2 is 1.73 bits per heavy atom. The van der Waals surface area contributed by atoms with Crippen molar-refractivity contribution in [3.63, 3.8) is 0 Å². The normalized spacial score (nSPS) is 15.6. The molecule has 2 heterocycles. The van der Waals surface area contributed by atoms with Crippen LogP contribution in [0.4, 0.5) is 4.39 Å². The number of halogens is 1. The van der Waals surface area contributed by atoms with Crippen molar-refractivity contribution in [2.24, 2.45) is 0 Å². The number of likely N-dealkylation sites (tertiary alicyclic amines) is 1. The Bertz CT molecular complexity index is 657. The molecule has 116 valence electrons. The molecule has 0 aliphatic carbocycles. The average Bonchev–Trinajstić information content (AvgIpc) is 2.74. The highest BCUT2D eigenvalue weighted by molar-refractivity contribution is 5.90. The maximum atomic E-state index is 13.0. The Balaban J connectivity index is 1.84. The molecule has 0 radical (unpaired) electrons. The lowest BCUT2D eigenvalue weighted by Crippen LogP contribution is -2.32. The van der Waals surface area contributed by atoms with Gasteiger partial charge in [-0.15, -0.1) is 5.10 Å². The van der Waals surface area contributed by atoms with Crippen LogP contribution >= 0.6 is 0 Å². The van der Waals surface area contributed by atoms with Gasteiger partial charge in [0.25, 0.3) is 5.91 Å². The SMILES string of the molecule is Cc1nc(C(=O)N2CCCCCC2)nn1-c1ccc(F)cc1. The zero-order valence-electron chi connectivity index (χ0n) is 12.6. The molecule has 0 saturated carbocycles. The second-order valence-electron chi connectivity index (χ2n) is 5.58. The van der Waals surface area contributed by atoms with Gasteiger partial charge >= 0.3 is 0 Å². The number of nitrogens with zero attached hydrogens (tertiary/aromatic N) is 4. The maximum absolute atomic E-state index is 13.0. The molecule has 0 spiro atoms. The van der Waals surface area contributed by atoms with Crippen LogP contribution in [0.5, 0.6) is 0 Å². The third-order valence-electron chi connectivity index (χ3n) is 3.92. The quantitative estimate of drug-likeness (QED) is 0.857. The zero-order valence-corrected chi connectivity index (χ0v) is 12.6. The Morgan fingerprint density at radius 3 is 2.36 bits per heavy atom. The molecule has 0 bridgehead atoms. The fourth-order valence-corrected chi connectivity index (χ4v) is 2.72. The first kappa shape index (κ1) is 14.7. The lowest BCUT2D eigenvalue weighted by atomic mass is 10.2. The topological polar surface area (TPSA) is 51.0 Å². The van der Waals surface area contributed by atoms with Gasteiger partial charge < -0.3 is 4.90 Å². The molecule has 0 atom stereocenters. The van der Waals surface area contributed by atoms with Gasteiger partial charge in [0.05, 0.1) is 5.69 Å². The molecular weight excluding hydrogens is 283 g/mol. The summed E-state index contributed by atoms with van der Waals surface area (Å²) in [5.74, 6) is 0.404. The molecule has 0 N–H and O–H groups in total. The van der Waals surface area contributed by atoms with Crippen LogP contribution in [0.15, 0.2) is 24.3 Å². The van der Waals surface area contributed by atoms with Crippen molar-refractivity contribution in [1.82, 2.24) is 19.7 Å². The van der Waals surface area contributed by atoms with Crippen molar-refractivity contribution in [1.29, 1.82) is 0 Å². The molecule has 6 heteroatoms. The molecule has 2 aromatic rings. The van der Waals surface area contributed by atoms with Gasteiger partial charge in [0.1, 0.15) is 11.6 Å². The van der Waals surface area contributed by atoms with Gasteiger partial charge in [-0.25, -0.2) is 14.1 Å². The molecule has 1 fully saturated rings. The highest BCUT2D eigenvalue weighted by atomic mass is 19.1. The van der Waals surface area contributed by atoms with Crippen LogP contribution in [0.1, 0.15) is 42.1 Å². The number of carbonyl (C=O) groups excluding carboxylic acids is 1. The molecule has 5 nitrogen and oxygen atoms in total. The minimum Gasteiger partial charge on any atom is -0.336 e. The van der Waals surface area contributed by atoms with Gasteiger partial charge in [-0.05, 0) is 44.0 Å². The summed E-state index contributed by atoms with van der Waals surface area (Å²) in [5.41, 5.74) is 0.696. The zero-order chi connectivity index (χ0) is 15.5. The molecule has 1 aromatic heterocycles. The number of hydrogen-bond acceptors (Lipinski definition) is 3. The molecule has 3 rings (SSSR count). The van der Waals surface area contributed by atoms with Crippen LogP contribution in [0, 0.1) is 12.7 Å². The second kappa shape index (κ2) is 6.25. The van der Waals surface area contributed by atoms with E-state index in [0.717, 1.165) is 25.9 Å². The van der Waals surface area contributed by atoms with Crippen molar-refractivity contribution >= 4 is 5.91 Å². The molecule has 1 saturated heterocycles. The van der Waals surface area contributed by atoms with Gasteiger partial charge in [-0.3, -0.25) is 4.79 Å².